The summed E-state index contributed by atoms with van der Waals surface area (Å²) in [4.78, 5) is 12.2. The van der Waals surface area contributed by atoms with Gasteiger partial charge in [0, 0.05) is 6.07 Å². The van der Waals surface area contributed by atoms with Crippen LogP contribution in [0.4, 0.5) is 11.4 Å². The number of ether oxygens (including phenoxy) is 1. The van der Waals surface area contributed by atoms with Crippen molar-refractivity contribution in [3.8, 4) is 5.75 Å². The molecular formula is C14H12Cl2N2O2. The van der Waals surface area contributed by atoms with Gasteiger partial charge in [-0.3, -0.25) is 4.79 Å². The second-order valence-electron chi connectivity index (χ2n) is 4.00. The third-order valence-corrected chi connectivity index (χ3v) is 3.33. The first-order valence-electron chi connectivity index (χ1n) is 5.72. The first-order valence-corrected chi connectivity index (χ1v) is 6.47. The van der Waals surface area contributed by atoms with Crippen LogP contribution in [-0.4, -0.2) is 13.0 Å². The first kappa shape index (κ1) is 14.5. The van der Waals surface area contributed by atoms with E-state index in [0.717, 1.165) is 0 Å². The molecule has 0 radical (unpaired) electrons. The maximum Gasteiger partial charge on any atom is 0.258 e. The van der Waals surface area contributed by atoms with Crippen LogP contribution in [0.25, 0.3) is 0 Å². The third kappa shape index (κ3) is 2.98. The van der Waals surface area contributed by atoms with E-state index in [1.165, 1.54) is 7.11 Å². The topological polar surface area (TPSA) is 64.3 Å². The third-order valence-electron chi connectivity index (χ3n) is 2.70. The molecule has 0 fully saturated rings. The fourth-order valence-corrected chi connectivity index (χ4v) is 2.24. The first-order chi connectivity index (χ1) is 9.52. The number of hydrogen-bond acceptors (Lipinski definition) is 3. The van der Waals surface area contributed by atoms with Crippen molar-refractivity contribution in [3.63, 3.8) is 0 Å². The highest BCUT2D eigenvalue weighted by molar-refractivity contribution is 6.40. The summed E-state index contributed by atoms with van der Waals surface area (Å²) in [6.45, 7) is 0. The summed E-state index contributed by atoms with van der Waals surface area (Å²) in [5.74, 6) is 0.153. The van der Waals surface area contributed by atoms with Gasteiger partial charge in [0.05, 0.1) is 34.1 Å². The minimum absolute atomic E-state index is 0.207. The number of nitrogen functional groups attached to an aromatic ring is 1. The molecule has 6 heteroatoms. The Hall–Kier alpha value is -1.91. The molecule has 3 N–H and O–H groups in total. The van der Waals surface area contributed by atoms with E-state index in [1.54, 1.807) is 36.4 Å². The van der Waals surface area contributed by atoms with Gasteiger partial charge < -0.3 is 15.8 Å². The highest BCUT2D eigenvalue weighted by Gasteiger charge is 2.15. The minimum Gasteiger partial charge on any atom is -0.497 e. The standard InChI is InChI=1S/C14H12Cl2N2O2/c1-20-8-5-6-11(17)12(7-8)18-14(19)13-9(15)3-2-4-10(13)16/h2-7H,17H2,1H3,(H,18,19). The number of nitrogens with two attached hydrogens (primary N) is 1. The lowest BCUT2D eigenvalue weighted by Gasteiger charge is -2.11. The van der Waals surface area contributed by atoms with Gasteiger partial charge in [-0.2, -0.15) is 0 Å². The van der Waals surface area contributed by atoms with Gasteiger partial charge in [-0.1, -0.05) is 29.3 Å². The van der Waals surface area contributed by atoms with Gasteiger partial charge >= 0.3 is 0 Å². The van der Waals surface area contributed by atoms with E-state index >= 15 is 0 Å². The second kappa shape index (κ2) is 6.03. The van der Waals surface area contributed by atoms with Crippen LogP contribution in [0.1, 0.15) is 10.4 Å². The van der Waals surface area contributed by atoms with Crippen LogP contribution in [0.15, 0.2) is 36.4 Å². The Kier molecular flexibility index (Phi) is 4.37. The quantitative estimate of drug-likeness (QED) is 0.847. The largest absolute Gasteiger partial charge is 0.497 e. The summed E-state index contributed by atoms with van der Waals surface area (Å²) in [6.07, 6.45) is 0. The van der Waals surface area contributed by atoms with Crippen LogP contribution >= 0.6 is 23.2 Å². The molecular weight excluding hydrogens is 299 g/mol. The second-order valence-corrected chi connectivity index (χ2v) is 4.82. The van der Waals surface area contributed by atoms with Crippen molar-refractivity contribution in [2.75, 3.05) is 18.2 Å². The summed E-state index contributed by atoms with van der Waals surface area (Å²) in [5, 5.41) is 3.22. The number of anilines is 2. The lowest BCUT2D eigenvalue weighted by Crippen LogP contribution is -2.14. The molecule has 0 aliphatic rings. The Labute approximate surface area is 126 Å². The average Bonchev–Trinajstić information content (AvgIpc) is 2.41. The fourth-order valence-electron chi connectivity index (χ4n) is 1.67. The van der Waals surface area contributed by atoms with E-state index in [4.69, 9.17) is 33.7 Å². The molecule has 104 valence electrons. The van der Waals surface area contributed by atoms with Crippen molar-refractivity contribution in [3.05, 3.63) is 52.0 Å². The summed E-state index contributed by atoms with van der Waals surface area (Å²) in [7, 11) is 1.53. The number of methoxy groups -OCH3 is 1. The maximum absolute atomic E-state index is 12.2. The number of carbonyl (C=O) groups excluding carboxylic acids is 1. The minimum atomic E-state index is -0.430. The highest BCUT2D eigenvalue weighted by Crippen LogP contribution is 2.28. The number of rotatable bonds is 3. The number of amides is 1. The van der Waals surface area contributed by atoms with Gasteiger partial charge in [0.1, 0.15) is 5.75 Å². The van der Waals surface area contributed by atoms with Gasteiger partial charge in [-0.25, -0.2) is 0 Å². The number of carbonyl (C=O) groups is 1. The van der Waals surface area contributed by atoms with Crippen LogP contribution in [0, 0.1) is 0 Å². The average molecular weight is 311 g/mol. The number of halogens is 2. The molecule has 0 aromatic heterocycles. The summed E-state index contributed by atoms with van der Waals surface area (Å²) in [6, 6.07) is 9.82. The molecule has 0 saturated carbocycles. The van der Waals surface area contributed by atoms with Gasteiger partial charge in [0.25, 0.3) is 5.91 Å². The Morgan fingerprint density at radius 2 is 1.85 bits per heavy atom. The zero-order valence-corrected chi connectivity index (χ0v) is 12.1. The Balaban J connectivity index is 2.33. The van der Waals surface area contributed by atoms with E-state index in [1.807, 2.05) is 0 Å². The Morgan fingerprint density at radius 1 is 1.20 bits per heavy atom. The van der Waals surface area contributed by atoms with Gasteiger partial charge in [0.15, 0.2) is 0 Å². The van der Waals surface area contributed by atoms with E-state index in [2.05, 4.69) is 5.32 Å². The van der Waals surface area contributed by atoms with E-state index < -0.39 is 5.91 Å². The van der Waals surface area contributed by atoms with Crippen molar-refractivity contribution in [2.24, 2.45) is 0 Å². The van der Waals surface area contributed by atoms with E-state index in [-0.39, 0.29) is 15.6 Å². The molecule has 0 spiro atoms. The molecule has 2 rings (SSSR count). The molecule has 0 aliphatic carbocycles. The van der Waals surface area contributed by atoms with Gasteiger partial charge in [0.2, 0.25) is 0 Å². The van der Waals surface area contributed by atoms with Crippen molar-refractivity contribution in [1.82, 2.24) is 0 Å². The van der Waals surface area contributed by atoms with Crippen molar-refractivity contribution >= 4 is 40.5 Å². The fraction of sp³-hybridized carbons (Fsp3) is 0.0714. The molecule has 0 atom stereocenters. The molecule has 2 aromatic rings. The van der Waals surface area contributed by atoms with Gasteiger partial charge in [-0.15, -0.1) is 0 Å². The number of nitrogens with one attached hydrogen (secondary N) is 1. The molecule has 0 saturated heterocycles. The van der Waals surface area contributed by atoms with Crippen LogP contribution in [-0.2, 0) is 0 Å². The molecule has 2 aromatic carbocycles. The Bertz CT molecular complexity index is 639. The van der Waals surface area contributed by atoms with Crippen LogP contribution < -0.4 is 15.8 Å². The maximum atomic E-state index is 12.2. The van der Waals surface area contributed by atoms with Crippen molar-refractivity contribution in [2.45, 2.75) is 0 Å². The van der Waals surface area contributed by atoms with E-state index in [9.17, 15) is 4.79 Å². The van der Waals surface area contributed by atoms with Crippen LogP contribution in [0.2, 0.25) is 10.0 Å². The lowest BCUT2D eigenvalue weighted by atomic mass is 10.2. The highest BCUT2D eigenvalue weighted by atomic mass is 35.5. The summed E-state index contributed by atoms with van der Waals surface area (Å²) < 4.78 is 5.09. The molecule has 0 heterocycles. The zero-order chi connectivity index (χ0) is 14.7. The molecule has 20 heavy (non-hydrogen) atoms. The predicted octanol–water partition coefficient (Wildman–Crippen LogP) is 3.84. The molecule has 1 amide bonds. The number of benzene rings is 2. The summed E-state index contributed by atoms with van der Waals surface area (Å²) in [5.41, 5.74) is 6.87. The molecule has 0 bridgehead atoms. The van der Waals surface area contributed by atoms with Gasteiger partial charge in [-0.05, 0) is 24.3 Å². The number of hydrogen-bond donors (Lipinski definition) is 2. The monoisotopic (exact) mass is 310 g/mol. The Morgan fingerprint density at radius 3 is 2.45 bits per heavy atom. The lowest BCUT2D eigenvalue weighted by molar-refractivity contribution is 0.102. The van der Waals surface area contributed by atoms with Crippen LogP contribution in [0.5, 0.6) is 5.75 Å². The van der Waals surface area contributed by atoms with Crippen molar-refractivity contribution < 1.29 is 9.53 Å². The molecule has 0 aliphatic heterocycles. The van der Waals surface area contributed by atoms with Crippen molar-refractivity contribution in [1.29, 1.82) is 0 Å². The predicted molar refractivity (Wildman–Crippen MR) is 81.8 cm³/mol. The summed E-state index contributed by atoms with van der Waals surface area (Å²) >= 11 is 12.0. The molecule has 4 nitrogen and oxygen atoms in total. The zero-order valence-electron chi connectivity index (χ0n) is 10.6. The molecule has 0 unspecified atom stereocenters. The normalized spacial score (nSPS) is 10.2. The van der Waals surface area contributed by atoms with Crippen LogP contribution in [0.3, 0.4) is 0 Å². The smallest absolute Gasteiger partial charge is 0.258 e. The van der Waals surface area contributed by atoms with E-state index in [0.29, 0.717) is 17.1 Å². The SMILES string of the molecule is COc1ccc(N)c(NC(=O)c2c(Cl)cccc2Cl)c1.